The van der Waals surface area contributed by atoms with Crippen molar-refractivity contribution in [3.63, 3.8) is 0 Å². The lowest BCUT2D eigenvalue weighted by Crippen LogP contribution is -2.11. The summed E-state index contributed by atoms with van der Waals surface area (Å²) in [5.41, 5.74) is -0.535. The second-order valence-electron chi connectivity index (χ2n) is 3.41. The van der Waals surface area contributed by atoms with E-state index in [9.17, 15) is 9.59 Å². The summed E-state index contributed by atoms with van der Waals surface area (Å²) in [6, 6.07) is 1.61. The number of rotatable bonds is 4. The van der Waals surface area contributed by atoms with Gasteiger partial charge in [0.05, 0.1) is 6.61 Å². The van der Waals surface area contributed by atoms with Crippen LogP contribution in [0.1, 0.15) is 27.8 Å². The van der Waals surface area contributed by atoms with Crippen LogP contribution in [-0.2, 0) is 4.74 Å². The van der Waals surface area contributed by atoms with E-state index in [2.05, 4.69) is 15.1 Å². The fraction of sp³-hybridized carbons (Fsp3) is 0.182. The predicted molar refractivity (Wildman–Crippen MR) is 62.1 cm³/mol. The second-order valence-corrected chi connectivity index (χ2v) is 3.41. The van der Waals surface area contributed by atoms with E-state index in [4.69, 9.17) is 9.84 Å². The zero-order chi connectivity index (χ0) is 13.8. The molecule has 19 heavy (non-hydrogen) atoms. The van der Waals surface area contributed by atoms with Crippen LogP contribution in [0.4, 0.5) is 0 Å². The van der Waals surface area contributed by atoms with Crippen LogP contribution >= 0.6 is 0 Å². The van der Waals surface area contributed by atoms with Crippen molar-refractivity contribution in [1.82, 2.24) is 19.7 Å². The minimum absolute atomic E-state index is 0.132. The largest absolute Gasteiger partial charge is 0.478 e. The molecule has 0 aliphatic carbocycles. The molecule has 0 fully saturated rings. The Morgan fingerprint density at radius 1 is 1.37 bits per heavy atom. The molecule has 0 unspecified atom stereocenters. The summed E-state index contributed by atoms with van der Waals surface area (Å²) >= 11 is 0. The molecule has 1 N–H and O–H groups in total. The van der Waals surface area contributed by atoms with E-state index in [1.165, 1.54) is 18.6 Å². The van der Waals surface area contributed by atoms with E-state index in [1.807, 2.05) is 0 Å². The van der Waals surface area contributed by atoms with Crippen LogP contribution in [0.2, 0.25) is 0 Å². The first-order valence-electron chi connectivity index (χ1n) is 5.41. The number of nitrogens with zero attached hydrogens (tertiary/aromatic N) is 4. The number of ether oxygens (including phenoxy) is 1. The van der Waals surface area contributed by atoms with Crippen molar-refractivity contribution in [2.45, 2.75) is 6.92 Å². The lowest BCUT2D eigenvalue weighted by Gasteiger charge is -1.98. The Labute approximate surface area is 107 Å². The van der Waals surface area contributed by atoms with Gasteiger partial charge in [-0.25, -0.2) is 24.2 Å². The van der Waals surface area contributed by atoms with E-state index < -0.39 is 11.9 Å². The fourth-order valence-corrected chi connectivity index (χ4v) is 1.39. The Kier molecular flexibility index (Phi) is 3.51. The molecule has 0 saturated carbocycles. The molecular formula is C11H10N4O4. The second kappa shape index (κ2) is 5.25. The van der Waals surface area contributed by atoms with Crippen molar-refractivity contribution in [3.05, 3.63) is 35.9 Å². The molecule has 2 aromatic rings. The van der Waals surface area contributed by atoms with Gasteiger partial charge in [-0.15, -0.1) is 0 Å². The maximum atomic E-state index is 11.6. The van der Waals surface area contributed by atoms with Crippen molar-refractivity contribution in [2.75, 3.05) is 6.61 Å². The Morgan fingerprint density at radius 3 is 2.63 bits per heavy atom. The van der Waals surface area contributed by atoms with Gasteiger partial charge in [-0.05, 0) is 13.0 Å². The molecule has 8 heteroatoms. The molecule has 2 aromatic heterocycles. The Morgan fingerprint density at radius 2 is 2.05 bits per heavy atom. The number of carboxylic acids is 1. The van der Waals surface area contributed by atoms with Gasteiger partial charge in [0.15, 0.2) is 5.69 Å². The van der Waals surface area contributed by atoms with Crippen LogP contribution in [0.15, 0.2) is 24.7 Å². The Hall–Kier alpha value is -2.77. The molecule has 0 bridgehead atoms. The summed E-state index contributed by atoms with van der Waals surface area (Å²) in [4.78, 5) is 30.5. The van der Waals surface area contributed by atoms with Crippen molar-refractivity contribution >= 4 is 11.9 Å². The highest BCUT2D eigenvalue weighted by molar-refractivity contribution is 6.00. The first-order valence-corrected chi connectivity index (χ1v) is 5.41. The van der Waals surface area contributed by atoms with Gasteiger partial charge in [0.25, 0.3) is 0 Å². The molecule has 0 aliphatic heterocycles. The average molecular weight is 262 g/mol. The number of hydrogen-bond acceptors (Lipinski definition) is 6. The van der Waals surface area contributed by atoms with Gasteiger partial charge >= 0.3 is 11.9 Å². The highest BCUT2D eigenvalue weighted by Gasteiger charge is 2.23. The minimum atomic E-state index is -1.27. The minimum Gasteiger partial charge on any atom is -0.478 e. The number of carboxylic acid groups (broad SMARTS) is 1. The van der Waals surface area contributed by atoms with Gasteiger partial charge in [0.1, 0.15) is 5.56 Å². The maximum Gasteiger partial charge on any atom is 0.359 e. The molecule has 0 aromatic carbocycles. The predicted octanol–water partition coefficient (Wildman–Crippen LogP) is 0.537. The summed E-state index contributed by atoms with van der Waals surface area (Å²) in [6.07, 6.45) is 4.13. The van der Waals surface area contributed by atoms with Gasteiger partial charge in [-0.3, -0.25) is 0 Å². The van der Waals surface area contributed by atoms with Gasteiger partial charge in [0.2, 0.25) is 5.95 Å². The quantitative estimate of drug-likeness (QED) is 0.801. The zero-order valence-electron chi connectivity index (χ0n) is 9.98. The number of hydrogen-bond donors (Lipinski definition) is 1. The van der Waals surface area contributed by atoms with Crippen molar-refractivity contribution < 1.29 is 19.4 Å². The summed E-state index contributed by atoms with van der Waals surface area (Å²) in [5, 5.41) is 12.9. The third kappa shape index (κ3) is 2.57. The average Bonchev–Trinajstić information content (AvgIpc) is 2.85. The van der Waals surface area contributed by atoms with Crippen LogP contribution in [0.5, 0.6) is 0 Å². The number of aromatic nitrogens is 4. The molecular weight excluding hydrogens is 252 g/mol. The summed E-state index contributed by atoms with van der Waals surface area (Å²) in [5.74, 6) is -1.90. The Bertz CT molecular complexity index is 608. The summed E-state index contributed by atoms with van der Waals surface area (Å²) < 4.78 is 5.87. The van der Waals surface area contributed by atoms with Crippen molar-refractivity contribution in [1.29, 1.82) is 0 Å². The molecule has 2 rings (SSSR count). The van der Waals surface area contributed by atoms with E-state index in [0.29, 0.717) is 0 Å². The van der Waals surface area contributed by atoms with Gasteiger partial charge in [-0.1, -0.05) is 0 Å². The SMILES string of the molecule is CCOC(=O)c1nn(-c2ncccn2)cc1C(=O)O. The molecule has 0 radical (unpaired) electrons. The van der Waals surface area contributed by atoms with Gasteiger partial charge in [0, 0.05) is 18.6 Å². The number of aromatic carboxylic acids is 1. The van der Waals surface area contributed by atoms with Crippen LogP contribution < -0.4 is 0 Å². The first-order chi connectivity index (χ1) is 9.13. The van der Waals surface area contributed by atoms with E-state index in [1.54, 1.807) is 13.0 Å². The maximum absolute atomic E-state index is 11.6. The normalized spacial score (nSPS) is 10.2. The molecule has 2 heterocycles. The third-order valence-corrected chi connectivity index (χ3v) is 2.17. The van der Waals surface area contributed by atoms with Crippen LogP contribution in [-0.4, -0.2) is 43.4 Å². The molecule has 98 valence electrons. The highest BCUT2D eigenvalue weighted by Crippen LogP contribution is 2.11. The first kappa shape index (κ1) is 12.7. The smallest absolute Gasteiger partial charge is 0.359 e. The van der Waals surface area contributed by atoms with Crippen LogP contribution in [0, 0.1) is 0 Å². The van der Waals surface area contributed by atoms with E-state index in [0.717, 1.165) is 4.68 Å². The number of carbonyl (C=O) groups is 2. The van der Waals surface area contributed by atoms with Gasteiger partial charge < -0.3 is 9.84 Å². The molecule has 0 spiro atoms. The standard InChI is InChI=1S/C11H10N4O4/c1-2-19-10(18)8-7(9(16)17)6-15(14-8)11-12-4-3-5-13-11/h3-6H,2H2,1H3,(H,16,17). The fourth-order valence-electron chi connectivity index (χ4n) is 1.39. The Balaban J connectivity index is 2.47. The van der Waals surface area contributed by atoms with Gasteiger partial charge in [-0.2, -0.15) is 5.10 Å². The molecule has 0 atom stereocenters. The molecule has 0 aliphatic rings. The lowest BCUT2D eigenvalue weighted by molar-refractivity contribution is 0.0507. The van der Waals surface area contributed by atoms with E-state index in [-0.39, 0.29) is 23.8 Å². The number of carbonyl (C=O) groups excluding carboxylic acids is 1. The van der Waals surface area contributed by atoms with Crippen molar-refractivity contribution in [3.8, 4) is 5.95 Å². The summed E-state index contributed by atoms with van der Waals surface area (Å²) in [7, 11) is 0. The summed E-state index contributed by atoms with van der Waals surface area (Å²) in [6.45, 7) is 1.75. The van der Waals surface area contributed by atoms with Crippen LogP contribution in [0.25, 0.3) is 5.95 Å². The third-order valence-electron chi connectivity index (χ3n) is 2.17. The number of esters is 1. The topological polar surface area (TPSA) is 107 Å². The van der Waals surface area contributed by atoms with Crippen molar-refractivity contribution in [2.24, 2.45) is 0 Å². The zero-order valence-corrected chi connectivity index (χ0v) is 9.98. The monoisotopic (exact) mass is 262 g/mol. The lowest BCUT2D eigenvalue weighted by atomic mass is 10.2. The van der Waals surface area contributed by atoms with Crippen LogP contribution in [0.3, 0.4) is 0 Å². The molecule has 0 amide bonds. The molecule has 8 nitrogen and oxygen atoms in total. The highest BCUT2D eigenvalue weighted by atomic mass is 16.5. The van der Waals surface area contributed by atoms with E-state index >= 15 is 0 Å². The molecule has 0 saturated heterocycles.